The van der Waals surface area contributed by atoms with Crippen LogP contribution in [0, 0.1) is 5.82 Å². The normalized spacial score (nSPS) is 18.1. The molecule has 1 heterocycles. The van der Waals surface area contributed by atoms with E-state index in [0.717, 1.165) is 6.07 Å². The number of nitrogens with zero attached hydrogens (tertiary/aromatic N) is 1. The molecule has 29 heavy (non-hydrogen) atoms. The first-order valence-electron chi connectivity index (χ1n) is 8.49. The fourth-order valence-corrected chi connectivity index (χ4v) is 3.28. The van der Waals surface area contributed by atoms with E-state index in [0.29, 0.717) is 11.3 Å². The van der Waals surface area contributed by atoms with E-state index in [4.69, 9.17) is 17.3 Å². The molecule has 0 saturated carbocycles. The van der Waals surface area contributed by atoms with Crippen LogP contribution in [-0.4, -0.2) is 37.1 Å². The third kappa shape index (κ3) is 3.57. The lowest BCUT2D eigenvalue weighted by molar-refractivity contribution is -0.123. The number of anilines is 1. The highest BCUT2D eigenvalue weighted by Crippen LogP contribution is 2.28. The lowest BCUT2D eigenvalue weighted by atomic mass is 9.84. The van der Waals surface area contributed by atoms with E-state index >= 15 is 0 Å². The molecule has 1 unspecified atom stereocenters. The standard InChI is InChI=1S/C19H17ClFN5O3/c1-23-17(28)15-19(18(22)29,25-9-24-15)10-5-7-11(8-6-10)26-16(27)12-3-2-4-13(21)14(12)20/h2-8,25H,9H2,1H3,(H2,22,29)(H,23,28)(H,26,27). The number of benzene rings is 2. The molecule has 2 aromatic rings. The molecular formula is C19H17ClFN5O3. The van der Waals surface area contributed by atoms with Crippen LogP contribution in [-0.2, 0) is 15.1 Å². The first-order chi connectivity index (χ1) is 13.8. The Bertz CT molecular complexity index is 1030. The second-order valence-corrected chi connectivity index (χ2v) is 6.55. The van der Waals surface area contributed by atoms with Crippen molar-refractivity contribution in [2.75, 3.05) is 19.0 Å². The van der Waals surface area contributed by atoms with Crippen molar-refractivity contribution in [2.45, 2.75) is 5.54 Å². The van der Waals surface area contributed by atoms with Gasteiger partial charge in [0, 0.05) is 12.7 Å². The van der Waals surface area contributed by atoms with Gasteiger partial charge in [0.15, 0.2) is 5.54 Å². The summed E-state index contributed by atoms with van der Waals surface area (Å²) in [5.41, 5.74) is 4.69. The molecule has 3 rings (SSSR count). The summed E-state index contributed by atoms with van der Waals surface area (Å²) < 4.78 is 13.5. The summed E-state index contributed by atoms with van der Waals surface area (Å²) in [6.07, 6.45) is 0. The van der Waals surface area contributed by atoms with Crippen LogP contribution in [0.15, 0.2) is 47.5 Å². The highest BCUT2D eigenvalue weighted by atomic mass is 35.5. The molecule has 1 aliphatic heterocycles. The molecule has 0 aliphatic carbocycles. The van der Waals surface area contributed by atoms with Crippen LogP contribution in [0.3, 0.4) is 0 Å². The summed E-state index contributed by atoms with van der Waals surface area (Å²) in [5, 5.41) is 7.61. The van der Waals surface area contributed by atoms with Crippen molar-refractivity contribution < 1.29 is 18.8 Å². The van der Waals surface area contributed by atoms with E-state index in [1.54, 1.807) is 0 Å². The van der Waals surface area contributed by atoms with Gasteiger partial charge in [-0.15, -0.1) is 0 Å². The summed E-state index contributed by atoms with van der Waals surface area (Å²) in [6.45, 7) is 0.0439. The number of carbonyl (C=O) groups is 3. The van der Waals surface area contributed by atoms with Crippen LogP contribution in [0.2, 0.25) is 5.02 Å². The number of nitrogens with two attached hydrogens (primary N) is 1. The Kier molecular flexibility index (Phi) is 5.62. The predicted molar refractivity (Wildman–Crippen MR) is 106 cm³/mol. The van der Waals surface area contributed by atoms with Gasteiger partial charge in [0.2, 0.25) is 5.91 Å². The molecule has 0 bridgehead atoms. The van der Waals surface area contributed by atoms with Crippen molar-refractivity contribution >= 4 is 40.7 Å². The maximum absolute atomic E-state index is 13.5. The summed E-state index contributed by atoms with van der Waals surface area (Å²) in [5.74, 6) is -2.63. The van der Waals surface area contributed by atoms with Gasteiger partial charge in [-0.2, -0.15) is 0 Å². The van der Waals surface area contributed by atoms with Gasteiger partial charge >= 0.3 is 0 Å². The number of nitrogens with one attached hydrogen (secondary N) is 3. The number of aliphatic imine (C=N–C) groups is 1. The molecule has 3 amide bonds. The van der Waals surface area contributed by atoms with E-state index in [1.807, 2.05) is 0 Å². The molecular weight excluding hydrogens is 401 g/mol. The van der Waals surface area contributed by atoms with Gasteiger partial charge in [-0.1, -0.05) is 29.8 Å². The fourth-order valence-electron chi connectivity index (χ4n) is 3.07. The van der Waals surface area contributed by atoms with Crippen molar-refractivity contribution in [3.8, 4) is 0 Å². The largest absolute Gasteiger partial charge is 0.367 e. The van der Waals surface area contributed by atoms with Crippen LogP contribution in [0.1, 0.15) is 15.9 Å². The van der Waals surface area contributed by atoms with E-state index < -0.39 is 29.1 Å². The second-order valence-electron chi connectivity index (χ2n) is 6.17. The van der Waals surface area contributed by atoms with E-state index in [1.165, 1.54) is 43.4 Å². The van der Waals surface area contributed by atoms with Crippen molar-refractivity contribution in [3.05, 3.63) is 64.4 Å². The smallest absolute Gasteiger partial charge is 0.267 e. The number of amides is 3. The summed E-state index contributed by atoms with van der Waals surface area (Å²) >= 11 is 5.83. The van der Waals surface area contributed by atoms with Gasteiger partial charge in [-0.05, 0) is 29.8 Å². The van der Waals surface area contributed by atoms with Crippen molar-refractivity contribution in [2.24, 2.45) is 10.7 Å². The van der Waals surface area contributed by atoms with Crippen LogP contribution in [0.5, 0.6) is 0 Å². The maximum Gasteiger partial charge on any atom is 0.267 e. The van der Waals surface area contributed by atoms with Gasteiger partial charge < -0.3 is 16.4 Å². The van der Waals surface area contributed by atoms with E-state index in [-0.39, 0.29) is 23.0 Å². The van der Waals surface area contributed by atoms with E-state index in [2.05, 4.69) is 20.9 Å². The average molecular weight is 418 g/mol. The third-order valence-corrected chi connectivity index (χ3v) is 4.90. The van der Waals surface area contributed by atoms with Crippen molar-refractivity contribution in [1.82, 2.24) is 10.6 Å². The molecule has 0 spiro atoms. The highest BCUT2D eigenvalue weighted by Gasteiger charge is 2.49. The molecule has 0 radical (unpaired) electrons. The summed E-state index contributed by atoms with van der Waals surface area (Å²) in [4.78, 5) is 40.8. The van der Waals surface area contributed by atoms with Crippen LogP contribution in [0.4, 0.5) is 10.1 Å². The highest BCUT2D eigenvalue weighted by molar-refractivity contribution is 6.47. The molecule has 5 N–H and O–H groups in total. The van der Waals surface area contributed by atoms with Crippen molar-refractivity contribution in [3.63, 3.8) is 0 Å². The van der Waals surface area contributed by atoms with Crippen LogP contribution < -0.4 is 21.7 Å². The Morgan fingerprint density at radius 1 is 1.17 bits per heavy atom. The Hall–Kier alpha value is -3.30. The monoisotopic (exact) mass is 417 g/mol. The lowest BCUT2D eigenvalue weighted by Gasteiger charge is -2.27. The van der Waals surface area contributed by atoms with Gasteiger partial charge in [0.1, 0.15) is 11.5 Å². The molecule has 10 heteroatoms. The Morgan fingerprint density at radius 3 is 2.48 bits per heavy atom. The zero-order valence-corrected chi connectivity index (χ0v) is 16.0. The van der Waals surface area contributed by atoms with Crippen LogP contribution >= 0.6 is 11.6 Å². The number of halogens is 2. The number of rotatable bonds is 5. The Labute approximate surface area is 170 Å². The zero-order chi connectivity index (χ0) is 21.2. The fraction of sp³-hybridized carbons (Fsp3) is 0.158. The van der Waals surface area contributed by atoms with Gasteiger partial charge in [-0.25, -0.2) is 4.39 Å². The summed E-state index contributed by atoms with van der Waals surface area (Å²) in [6, 6.07) is 10.0. The minimum absolute atomic E-state index is 0.0177. The molecule has 1 aliphatic rings. The molecule has 0 aromatic heterocycles. The average Bonchev–Trinajstić information content (AvgIpc) is 3.16. The number of hydrogen-bond acceptors (Lipinski definition) is 5. The molecule has 0 fully saturated rings. The quantitative estimate of drug-likeness (QED) is 0.582. The summed E-state index contributed by atoms with van der Waals surface area (Å²) in [7, 11) is 1.42. The first-order valence-corrected chi connectivity index (χ1v) is 8.87. The maximum atomic E-state index is 13.5. The van der Waals surface area contributed by atoms with Crippen LogP contribution in [0.25, 0.3) is 0 Å². The van der Waals surface area contributed by atoms with Crippen molar-refractivity contribution in [1.29, 1.82) is 0 Å². The van der Waals surface area contributed by atoms with Gasteiger partial charge in [-0.3, -0.25) is 24.7 Å². The first kappa shape index (κ1) is 20.4. The molecule has 0 saturated heterocycles. The molecule has 2 aromatic carbocycles. The van der Waals surface area contributed by atoms with E-state index in [9.17, 15) is 18.8 Å². The third-order valence-electron chi connectivity index (χ3n) is 4.52. The lowest BCUT2D eigenvalue weighted by Crippen LogP contribution is -2.58. The number of carbonyl (C=O) groups excluding carboxylic acids is 3. The Balaban J connectivity index is 1.88. The number of hydrogen-bond donors (Lipinski definition) is 4. The zero-order valence-electron chi connectivity index (χ0n) is 15.3. The SMILES string of the molecule is CNC(=O)C1=NCNC1(C(N)=O)c1ccc(NC(=O)c2cccc(F)c2Cl)cc1. The number of primary amides is 1. The topological polar surface area (TPSA) is 126 Å². The minimum Gasteiger partial charge on any atom is -0.367 e. The van der Waals surface area contributed by atoms with Gasteiger partial charge in [0.05, 0.1) is 17.3 Å². The van der Waals surface area contributed by atoms with Gasteiger partial charge in [0.25, 0.3) is 11.8 Å². The predicted octanol–water partition coefficient (Wildman–Crippen LogP) is 1.16. The molecule has 150 valence electrons. The second kappa shape index (κ2) is 7.98. The molecule has 1 atom stereocenters. The molecule has 8 nitrogen and oxygen atoms in total. The Morgan fingerprint density at radius 2 is 1.86 bits per heavy atom. The minimum atomic E-state index is -1.59.